The van der Waals surface area contributed by atoms with Crippen molar-refractivity contribution in [1.29, 1.82) is 0 Å². The molecule has 0 saturated heterocycles. The number of nitrogens with one attached hydrogen (secondary N) is 1. The first-order valence-corrected chi connectivity index (χ1v) is 7.27. The van der Waals surface area contributed by atoms with Crippen LogP contribution < -0.4 is 10.1 Å². The Balaban J connectivity index is 2.04. The largest absolute Gasteiger partial charge is 0.481 e. The second-order valence-electron chi connectivity index (χ2n) is 5.15. The van der Waals surface area contributed by atoms with Gasteiger partial charge in [-0.05, 0) is 56.2 Å². The number of benzene rings is 1. The second kappa shape index (κ2) is 6.60. The highest BCUT2D eigenvalue weighted by molar-refractivity contribution is 5.80. The molecule has 0 bridgehead atoms. The number of hydrogen-bond donors (Lipinski definition) is 1. The number of carbonyl (C=O) groups excluding carboxylic acids is 1. The minimum absolute atomic E-state index is 0.0322. The Morgan fingerprint density at radius 1 is 1.37 bits per heavy atom. The van der Waals surface area contributed by atoms with Crippen LogP contribution in [0.15, 0.2) is 18.2 Å². The van der Waals surface area contributed by atoms with Crippen LogP contribution in [0.25, 0.3) is 0 Å². The van der Waals surface area contributed by atoms with Crippen LogP contribution in [0, 0.1) is 0 Å². The molecule has 0 spiro atoms. The van der Waals surface area contributed by atoms with E-state index in [1.807, 2.05) is 26.0 Å². The van der Waals surface area contributed by atoms with Crippen LogP contribution in [-0.2, 0) is 17.6 Å². The van der Waals surface area contributed by atoms with Crippen LogP contribution in [-0.4, -0.2) is 18.6 Å². The van der Waals surface area contributed by atoms with Crippen molar-refractivity contribution in [3.8, 4) is 5.75 Å². The predicted octanol–water partition coefficient (Wildman–Crippen LogP) is 2.86. The monoisotopic (exact) mass is 261 g/mol. The fraction of sp³-hybridized carbons (Fsp3) is 0.562. The Bertz CT molecular complexity index is 442. The minimum Gasteiger partial charge on any atom is -0.481 e. The number of amides is 1. The van der Waals surface area contributed by atoms with Crippen molar-refractivity contribution in [1.82, 2.24) is 5.32 Å². The van der Waals surface area contributed by atoms with Crippen molar-refractivity contribution in [2.45, 2.75) is 52.1 Å². The normalized spacial score (nSPS) is 15.5. The molecule has 2 rings (SSSR count). The number of rotatable bonds is 5. The van der Waals surface area contributed by atoms with Crippen LogP contribution in [0.4, 0.5) is 0 Å². The summed E-state index contributed by atoms with van der Waals surface area (Å²) in [6, 6.07) is 6.17. The highest BCUT2D eigenvalue weighted by Crippen LogP contribution is 2.30. The Hall–Kier alpha value is -1.51. The lowest BCUT2D eigenvalue weighted by Crippen LogP contribution is -2.36. The summed E-state index contributed by atoms with van der Waals surface area (Å²) in [4.78, 5) is 11.8. The van der Waals surface area contributed by atoms with Crippen LogP contribution in [0.3, 0.4) is 0 Å². The fourth-order valence-corrected chi connectivity index (χ4v) is 2.49. The van der Waals surface area contributed by atoms with E-state index in [1.165, 1.54) is 24.0 Å². The Morgan fingerprint density at radius 2 is 2.16 bits per heavy atom. The first kappa shape index (κ1) is 13.9. The average Bonchev–Trinajstić information content (AvgIpc) is 2.45. The van der Waals surface area contributed by atoms with Crippen molar-refractivity contribution in [2.75, 3.05) is 6.54 Å². The molecule has 1 aliphatic carbocycles. The number of hydrogen-bond acceptors (Lipinski definition) is 2. The van der Waals surface area contributed by atoms with Crippen LogP contribution in [0.1, 0.15) is 44.2 Å². The third kappa shape index (κ3) is 3.49. The van der Waals surface area contributed by atoms with Gasteiger partial charge in [-0.2, -0.15) is 0 Å². The molecule has 1 unspecified atom stereocenters. The van der Waals surface area contributed by atoms with Gasteiger partial charge in [-0.1, -0.05) is 19.1 Å². The van der Waals surface area contributed by atoms with E-state index in [2.05, 4.69) is 11.4 Å². The molecule has 1 amide bonds. The second-order valence-corrected chi connectivity index (χ2v) is 5.15. The predicted molar refractivity (Wildman–Crippen MR) is 76.5 cm³/mol. The highest BCUT2D eigenvalue weighted by Gasteiger charge is 2.18. The van der Waals surface area contributed by atoms with Crippen molar-refractivity contribution in [2.24, 2.45) is 0 Å². The summed E-state index contributed by atoms with van der Waals surface area (Å²) in [7, 11) is 0. The smallest absolute Gasteiger partial charge is 0.260 e. The molecule has 0 aliphatic heterocycles. The zero-order valence-corrected chi connectivity index (χ0v) is 11.9. The molecule has 1 aromatic rings. The highest BCUT2D eigenvalue weighted by atomic mass is 16.5. The molecule has 1 aliphatic rings. The molecule has 0 radical (unpaired) electrons. The molecule has 3 nitrogen and oxygen atoms in total. The molecule has 1 atom stereocenters. The molecular formula is C16H23NO2. The van der Waals surface area contributed by atoms with E-state index in [1.54, 1.807) is 0 Å². The molecule has 104 valence electrons. The summed E-state index contributed by atoms with van der Waals surface area (Å²) >= 11 is 0. The quantitative estimate of drug-likeness (QED) is 0.885. The van der Waals surface area contributed by atoms with Crippen molar-refractivity contribution >= 4 is 5.91 Å². The van der Waals surface area contributed by atoms with Gasteiger partial charge in [-0.25, -0.2) is 0 Å². The standard InChI is InChI=1S/C16H23NO2/c1-3-11-17-16(18)12(2)19-15-10-6-8-13-7-4-5-9-14(13)15/h6,8,10,12H,3-5,7,9,11H2,1-2H3,(H,17,18). The van der Waals surface area contributed by atoms with E-state index < -0.39 is 6.10 Å². The Labute approximate surface area is 115 Å². The number of aryl methyl sites for hydroxylation is 1. The van der Waals surface area contributed by atoms with E-state index in [9.17, 15) is 4.79 Å². The summed E-state index contributed by atoms with van der Waals surface area (Å²) < 4.78 is 5.86. The van der Waals surface area contributed by atoms with E-state index in [0.717, 1.165) is 25.0 Å². The summed E-state index contributed by atoms with van der Waals surface area (Å²) in [5.41, 5.74) is 2.67. The topological polar surface area (TPSA) is 38.3 Å². The maximum atomic E-state index is 11.8. The van der Waals surface area contributed by atoms with Gasteiger partial charge < -0.3 is 10.1 Å². The molecule has 0 fully saturated rings. The zero-order valence-electron chi connectivity index (χ0n) is 11.9. The SMILES string of the molecule is CCCNC(=O)C(C)Oc1cccc2c1CCCC2. The van der Waals surface area contributed by atoms with Gasteiger partial charge in [-0.3, -0.25) is 4.79 Å². The first-order valence-electron chi connectivity index (χ1n) is 7.27. The van der Waals surface area contributed by atoms with E-state index in [4.69, 9.17) is 4.74 Å². The average molecular weight is 261 g/mol. The molecule has 1 N–H and O–H groups in total. The number of carbonyl (C=O) groups is 1. The van der Waals surface area contributed by atoms with E-state index in [-0.39, 0.29) is 5.91 Å². The maximum absolute atomic E-state index is 11.8. The first-order chi connectivity index (χ1) is 9.22. The summed E-state index contributed by atoms with van der Waals surface area (Å²) in [6.07, 6.45) is 5.17. The summed E-state index contributed by atoms with van der Waals surface area (Å²) in [5.74, 6) is 0.853. The lowest BCUT2D eigenvalue weighted by Gasteiger charge is -2.22. The lowest BCUT2D eigenvalue weighted by atomic mass is 9.91. The molecule has 0 saturated carbocycles. The van der Waals surface area contributed by atoms with E-state index in [0.29, 0.717) is 6.54 Å². The van der Waals surface area contributed by atoms with Gasteiger partial charge in [0.25, 0.3) is 5.91 Å². The van der Waals surface area contributed by atoms with Gasteiger partial charge in [0.2, 0.25) is 0 Å². The van der Waals surface area contributed by atoms with Crippen LogP contribution in [0.5, 0.6) is 5.75 Å². The van der Waals surface area contributed by atoms with Gasteiger partial charge >= 0.3 is 0 Å². The molecular weight excluding hydrogens is 238 g/mol. The lowest BCUT2D eigenvalue weighted by molar-refractivity contribution is -0.127. The Kier molecular flexibility index (Phi) is 4.83. The van der Waals surface area contributed by atoms with Crippen molar-refractivity contribution in [3.63, 3.8) is 0 Å². The fourth-order valence-electron chi connectivity index (χ4n) is 2.49. The molecule has 1 aromatic carbocycles. The molecule has 19 heavy (non-hydrogen) atoms. The number of ether oxygens (including phenoxy) is 1. The van der Waals surface area contributed by atoms with Crippen molar-refractivity contribution in [3.05, 3.63) is 29.3 Å². The summed E-state index contributed by atoms with van der Waals surface area (Å²) in [5, 5.41) is 2.87. The molecule has 0 heterocycles. The Morgan fingerprint density at radius 3 is 2.95 bits per heavy atom. The van der Waals surface area contributed by atoms with E-state index >= 15 is 0 Å². The molecule has 0 aromatic heterocycles. The van der Waals surface area contributed by atoms with Gasteiger partial charge in [0.1, 0.15) is 5.75 Å². The van der Waals surface area contributed by atoms with Crippen LogP contribution >= 0.6 is 0 Å². The third-order valence-electron chi connectivity index (χ3n) is 3.58. The minimum atomic E-state index is -0.431. The van der Waals surface area contributed by atoms with Gasteiger partial charge in [0.15, 0.2) is 6.10 Å². The zero-order chi connectivity index (χ0) is 13.7. The third-order valence-corrected chi connectivity index (χ3v) is 3.58. The maximum Gasteiger partial charge on any atom is 0.260 e. The van der Waals surface area contributed by atoms with Gasteiger partial charge in [0.05, 0.1) is 0 Å². The summed E-state index contributed by atoms with van der Waals surface area (Å²) in [6.45, 7) is 4.56. The van der Waals surface area contributed by atoms with Gasteiger partial charge in [0, 0.05) is 6.54 Å². The van der Waals surface area contributed by atoms with Gasteiger partial charge in [-0.15, -0.1) is 0 Å². The molecule has 3 heteroatoms. The number of fused-ring (bicyclic) bond motifs is 1. The van der Waals surface area contributed by atoms with Crippen molar-refractivity contribution < 1.29 is 9.53 Å². The van der Waals surface area contributed by atoms with Crippen LogP contribution in [0.2, 0.25) is 0 Å².